The van der Waals surface area contributed by atoms with Gasteiger partial charge in [-0.3, -0.25) is 0 Å². The molecule has 0 heteroatoms. The van der Waals surface area contributed by atoms with Crippen molar-refractivity contribution in [2.24, 2.45) is 0 Å². The van der Waals surface area contributed by atoms with Crippen molar-refractivity contribution in [1.82, 2.24) is 0 Å². The minimum Gasteiger partial charge on any atom is -0.0622 e. The highest BCUT2D eigenvalue weighted by molar-refractivity contribution is 6.23. The predicted molar refractivity (Wildman–Crippen MR) is 225 cm³/mol. The monoisotopic (exact) mass is 664 g/mol. The average Bonchev–Trinajstić information content (AvgIpc) is 3.19. The molecule has 0 saturated heterocycles. The summed E-state index contributed by atoms with van der Waals surface area (Å²) in [6, 6.07) is 69.4. The summed E-state index contributed by atoms with van der Waals surface area (Å²) >= 11 is 0. The maximum atomic E-state index is 2.48. The third-order valence-electron chi connectivity index (χ3n) is 10.6. The molecule has 0 N–H and O–H groups in total. The molecule has 0 amide bonds. The zero-order valence-corrected chi connectivity index (χ0v) is 29.9. The van der Waals surface area contributed by atoms with Crippen LogP contribution in [0.15, 0.2) is 188 Å². The summed E-state index contributed by atoms with van der Waals surface area (Å²) in [5.74, 6) is 0. The first-order valence-electron chi connectivity index (χ1n) is 18.3. The highest BCUT2D eigenvalue weighted by Gasteiger charge is 2.23. The van der Waals surface area contributed by atoms with E-state index >= 15 is 0 Å². The van der Waals surface area contributed by atoms with Gasteiger partial charge in [0.2, 0.25) is 0 Å². The van der Waals surface area contributed by atoms with Gasteiger partial charge in [0.1, 0.15) is 0 Å². The molecule has 0 aromatic heterocycles. The van der Waals surface area contributed by atoms with Gasteiger partial charge in [-0.1, -0.05) is 172 Å². The van der Waals surface area contributed by atoms with Crippen LogP contribution >= 0.6 is 0 Å². The van der Waals surface area contributed by atoms with Gasteiger partial charge in [0.05, 0.1) is 0 Å². The van der Waals surface area contributed by atoms with E-state index in [4.69, 9.17) is 0 Å². The van der Waals surface area contributed by atoms with Crippen LogP contribution in [0, 0.1) is 0 Å². The molecule has 0 aliphatic carbocycles. The lowest BCUT2D eigenvalue weighted by molar-refractivity contribution is 0.591. The number of rotatable bonds is 5. The van der Waals surface area contributed by atoms with Crippen molar-refractivity contribution in [3.8, 4) is 55.6 Å². The quantitative estimate of drug-likeness (QED) is 0.161. The lowest BCUT2D eigenvalue weighted by Crippen LogP contribution is -2.10. The highest BCUT2D eigenvalue weighted by Crippen LogP contribution is 2.48. The maximum absolute atomic E-state index is 2.48. The zero-order valence-electron chi connectivity index (χ0n) is 29.9. The van der Waals surface area contributed by atoms with Crippen LogP contribution in [0.25, 0.3) is 88.0 Å². The smallest absolute Gasteiger partial charge is 0.00198 e. The van der Waals surface area contributed by atoms with E-state index < -0.39 is 0 Å². The molecule has 0 spiro atoms. The van der Waals surface area contributed by atoms with Gasteiger partial charge in [0.15, 0.2) is 0 Å². The largest absolute Gasteiger partial charge is 0.0622 e. The zero-order chi connectivity index (χ0) is 35.2. The van der Waals surface area contributed by atoms with E-state index in [1.807, 2.05) is 0 Å². The summed E-state index contributed by atoms with van der Waals surface area (Å²) < 4.78 is 0. The number of fused-ring (bicyclic) bond motifs is 3. The molecule has 0 nitrogen and oxygen atoms in total. The van der Waals surface area contributed by atoms with Crippen molar-refractivity contribution in [2.75, 3.05) is 0 Å². The summed E-state index contributed by atoms with van der Waals surface area (Å²) in [7, 11) is 0. The molecule has 0 aliphatic rings. The molecular formula is C52H40. The van der Waals surface area contributed by atoms with Gasteiger partial charge in [-0.15, -0.1) is 0 Å². The average molecular weight is 665 g/mol. The molecule has 0 aliphatic heterocycles. The van der Waals surface area contributed by atoms with Crippen LogP contribution in [0.1, 0.15) is 26.3 Å². The van der Waals surface area contributed by atoms with Gasteiger partial charge < -0.3 is 0 Å². The van der Waals surface area contributed by atoms with E-state index in [0.717, 1.165) is 0 Å². The first-order chi connectivity index (χ1) is 25.4. The first kappa shape index (κ1) is 31.7. The molecule has 248 valence electrons. The van der Waals surface area contributed by atoms with Crippen LogP contribution in [-0.2, 0) is 5.41 Å². The summed E-state index contributed by atoms with van der Waals surface area (Å²) in [5.41, 5.74) is 13.7. The van der Waals surface area contributed by atoms with Crippen molar-refractivity contribution < 1.29 is 0 Å². The Kier molecular flexibility index (Phi) is 7.82. The molecule has 0 atom stereocenters. The highest BCUT2D eigenvalue weighted by atomic mass is 14.3. The van der Waals surface area contributed by atoms with Crippen molar-refractivity contribution in [2.45, 2.75) is 26.2 Å². The van der Waals surface area contributed by atoms with Crippen LogP contribution < -0.4 is 0 Å². The summed E-state index contributed by atoms with van der Waals surface area (Å²) in [6.07, 6.45) is 0. The molecule has 0 unspecified atom stereocenters. The fraction of sp³-hybridized carbons (Fsp3) is 0.0769. The minimum absolute atomic E-state index is 0.0172. The van der Waals surface area contributed by atoms with E-state index in [1.54, 1.807) is 0 Å². The molecule has 0 heterocycles. The van der Waals surface area contributed by atoms with Gasteiger partial charge in [-0.25, -0.2) is 0 Å². The standard InChI is InChI=1S/C52H40/c1-52(2,3)43-27-28-46-49(34-43)51(48-33-39-24-14-13-23-38(39)32-47(48)37-21-11-6-12-22-37)45-26-16-15-25-44(45)50(46)42-30-40(35-17-7-4-8-18-35)29-41(31-42)36-19-9-5-10-20-36/h4-34H,1-3H3. The van der Waals surface area contributed by atoms with Crippen molar-refractivity contribution in [3.63, 3.8) is 0 Å². The van der Waals surface area contributed by atoms with Gasteiger partial charge in [0.25, 0.3) is 0 Å². The van der Waals surface area contributed by atoms with E-state index in [-0.39, 0.29) is 5.41 Å². The molecule has 0 fully saturated rings. The van der Waals surface area contributed by atoms with Crippen molar-refractivity contribution >= 4 is 32.3 Å². The Morgan fingerprint density at radius 2 is 0.731 bits per heavy atom. The second-order valence-electron chi connectivity index (χ2n) is 14.9. The number of hydrogen-bond donors (Lipinski definition) is 0. The summed E-state index contributed by atoms with van der Waals surface area (Å²) in [5, 5.41) is 7.54. The van der Waals surface area contributed by atoms with Gasteiger partial charge in [-0.05, 0) is 135 Å². The second-order valence-corrected chi connectivity index (χ2v) is 14.9. The van der Waals surface area contributed by atoms with Crippen LogP contribution in [0.5, 0.6) is 0 Å². The molecule has 9 aromatic carbocycles. The Morgan fingerprint density at radius 3 is 1.29 bits per heavy atom. The van der Waals surface area contributed by atoms with Crippen LogP contribution in [-0.4, -0.2) is 0 Å². The Labute approximate surface area is 306 Å². The lowest BCUT2D eigenvalue weighted by atomic mass is 9.79. The fourth-order valence-corrected chi connectivity index (χ4v) is 7.92. The van der Waals surface area contributed by atoms with Gasteiger partial charge in [0, 0.05) is 0 Å². The predicted octanol–water partition coefficient (Wildman–Crippen LogP) is 14.8. The molecule has 9 rings (SSSR count). The van der Waals surface area contributed by atoms with Crippen LogP contribution in [0.4, 0.5) is 0 Å². The summed E-state index contributed by atoms with van der Waals surface area (Å²) in [4.78, 5) is 0. The molecule has 0 bridgehead atoms. The van der Waals surface area contributed by atoms with E-state index in [1.165, 1.54) is 93.5 Å². The number of hydrogen-bond acceptors (Lipinski definition) is 0. The van der Waals surface area contributed by atoms with E-state index in [0.29, 0.717) is 0 Å². The third kappa shape index (κ3) is 5.67. The summed E-state index contributed by atoms with van der Waals surface area (Å²) in [6.45, 7) is 6.95. The Hall–Kier alpha value is -6.24. The van der Waals surface area contributed by atoms with Gasteiger partial charge >= 0.3 is 0 Å². The Morgan fingerprint density at radius 1 is 0.288 bits per heavy atom. The third-order valence-corrected chi connectivity index (χ3v) is 10.6. The maximum Gasteiger partial charge on any atom is -0.00198 e. The SMILES string of the molecule is CC(C)(C)c1ccc2c(-c3cc(-c4ccccc4)cc(-c4ccccc4)c3)c3ccccc3c(-c3cc4ccccc4cc3-c3ccccc3)c2c1. The van der Waals surface area contributed by atoms with E-state index in [9.17, 15) is 0 Å². The fourth-order valence-electron chi connectivity index (χ4n) is 7.92. The van der Waals surface area contributed by atoms with Crippen LogP contribution in [0.3, 0.4) is 0 Å². The molecular weight excluding hydrogens is 625 g/mol. The Balaban J connectivity index is 1.44. The van der Waals surface area contributed by atoms with Crippen molar-refractivity contribution in [1.29, 1.82) is 0 Å². The minimum atomic E-state index is -0.0172. The molecule has 52 heavy (non-hydrogen) atoms. The van der Waals surface area contributed by atoms with Gasteiger partial charge in [-0.2, -0.15) is 0 Å². The first-order valence-corrected chi connectivity index (χ1v) is 18.3. The molecule has 9 aromatic rings. The van der Waals surface area contributed by atoms with Crippen LogP contribution in [0.2, 0.25) is 0 Å². The van der Waals surface area contributed by atoms with Crippen molar-refractivity contribution in [3.05, 3.63) is 194 Å². The lowest BCUT2D eigenvalue weighted by Gasteiger charge is -2.24. The second kappa shape index (κ2) is 12.8. The molecule has 0 saturated carbocycles. The normalized spacial score (nSPS) is 11.8. The number of benzene rings is 9. The van der Waals surface area contributed by atoms with E-state index in [2.05, 4.69) is 209 Å². The Bertz CT molecular complexity index is 2670. The molecule has 0 radical (unpaired) electrons. The topological polar surface area (TPSA) is 0 Å².